The number of hydrogen-bond acceptors (Lipinski definition) is 4. The van der Waals surface area contributed by atoms with Gasteiger partial charge in [0.25, 0.3) is 5.79 Å². The molecule has 25 heavy (non-hydrogen) atoms. The van der Waals surface area contributed by atoms with Gasteiger partial charge in [0.15, 0.2) is 3.51 Å². The maximum absolute atomic E-state index is 12.3. The van der Waals surface area contributed by atoms with Crippen molar-refractivity contribution >= 4 is 36.2 Å². The van der Waals surface area contributed by atoms with Crippen molar-refractivity contribution in [1.82, 2.24) is 0 Å². The third kappa shape index (κ3) is 3.81. The average molecular weight is 450 g/mol. The van der Waals surface area contributed by atoms with E-state index in [1.165, 1.54) is 0 Å². The summed E-state index contributed by atoms with van der Waals surface area (Å²) in [7, 11) is 0. The molecular formula is C20H19IO4. The smallest absolute Gasteiger partial charge is 0.354 e. The Hall–Kier alpha value is -2.02. The fraction of sp³-hybridized carbons (Fsp3) is 0.250. The van der Waals surface area contributed by atoms with Crippen LogP contribution in [0.5, 0.6) is 0 Å². The van der Waals surface area contributed by atoms with Crippen LogP contribution >= 0.6 is 20.7 Å². The lowest BCUT2D eigenvalue weighted by atomic mass is 10.1. The molecule has 0 saturated carbocycles. The van der Waals surface area contributed by atoms with Gasteiger partial charge in [-0.05, 0) is 23.3 Å². The molecular weight excluding hydrogens is 431 g/mol. The van der Waals surface area contributed by atoms with E-state index in [-0.39, 0.29) is 3.51 Å². The van der Waals surface area contributed by atoms with Crippen LogP contribution in [0.3, 0.4) is 0 Å². The van der Waals surface area contributed by atoms with Gasteiger partial charge in [-0.15, -0.1) is 0 Å². The number of ether oxygens (including phenoxy) is 2. The minimum Gasteiger partial charge on any atom is -0.418 e. The van der Waals surface area contributed by atoms with Crippen molar-refractivity contribution < 1.29 is 19.1 Å². The van der Waals surface area contributed by atoms with E-state index in [4.69, 9.17) is 9.47 Å². The zero-order chi connectivity index (χ0) is 17.9. The normalized spacial score (nSPS) is 16.3. The van der Waals surface area contributed by atoms with E-state index >= 15 is 0 Å². The molecule has 0 N–H and O–H groups in total. The second kappa shape index (κ2) is 7.47. The number of halogens is 1. The van der Waals surface area contributed by atoms with Crippen LogP contribution in [0.25, 0.3) is 11.1 Å². The number of hydrogen-bond donors (Lipinski definition) is 0. The van der Waals surface area contributed by atoms with E-state index in [9.17, 15) is 9.59 Å². The number of carbonyl (C=O) groups excluding carboxylic acids is 2. The molecule has 1 heterocycles. The number of rotatable bonds is 4. The highest BCUT2D eigenvalue weighted by atomic mass is 127. The molecule has 1 aliphatic heterocycles. The minimum absolute atomic E-state index is 0.156. The highest BCUT2D eigenvalue weighted by Crippen LogP contribution is 2.30. The molecule has 5 heteroatoms. The van der Waals surface area contributed by atoms with Gasteiger partial charge < -0.3 is 9.47 Å². The highest BCUT2D eigenvalue weighted by molar-refractivity contribution is 14.2. The maximum atomic E-state index is 12.3. The number of benzene rings is 2. The van der Waals surface area contributed by atoms with Crippen molar-refractivity contribution in [3.63, 3.8) is 0 Å². The fourth-order valence-corrected chi connectivity index (χ4v) is 4.60. The van der Waals surface area contributed by atoms with Gasteiger partial charge in [-0.1, -0.05) is 77.0 Å². The second-order valence-electron chi connectivity index (χ2n) is 5.68. The monoisotopic (exact) mass is 450 g/mol. The van der Waals surface area contributed by atoms with E-state index in [2.05, 4.69) is 0 Å². The SMILES string of the molecule is CCC1(CC)OC(=O)C(=Ic2ccc(-c3ccccc3)cc2)C(=O)O1. The van der Waals surface area contributed by atoms with Gasteiger partial charge in [-0.25, -0.2) is 9.59 Å². The summed E-state index contributed by atoms with van der Waals surface area (Å²) >= 11 is -0.943. The molecule has 0 atom stereocenters. The molecule has 0 aliphatic carbocycles. The summed E-state index contributed by atoms with van der Waals surface area (Å²) in [5.74, 6) is -2.15. The summed E-state index contributed by atoms with van der Waals surface area (Å²) < 4.78 is 12.0. The number of cyclic esters (lactones) is 2. The number of esters is 2. The molecule has 130 valence electrons. The Kier molecular flexibility index (Phi) is 5.32. The summed E-state index contributed by atoms with van der Waals surface area (Å²) in [5.41, 5.74) is 2.23. The van der Waals surface area contributed by atoms with Crippen LogP contribution in [0.4, 0.5) is 0 Å². The van der Waals surface area contributed by atoms with E-state index in [0.29, 0.717) is 12.8 Å². The van der Waals surface area contributed by atoms with Crippen LogP contribution in [-0.2, 0) is 19.1 Å². The topological polar surface area (TPSA) is 52.6 Å². The van der Waals surface area contributed by atoms with Gasteiger partial charge >= 0.3 is 11.9 Å². The molecule has 3 rings (SSSR count). The predicted octanol–water partition coefficient (Wildman–Crippen LogP) is 4.28. The van der Waals surface area contributed by atoms with Gasteiger partial charge in [0.05, 0.1) is 0 Å². The lowest BCUT2D eigenvalue weighted by Gasteiger charge is -2.34. The first-order chi connectivity index (χ1) is 12.1. The molecule has 0 aromatic heterocycles. The summed E-state index contributed by atoms with van der Waals surface area (Å²) in [5, 5.41) is 0. The third-order valence-corrected chi connectivity index (χ3v) is 6.91. The molecule has 0 unspecified atom stereocenters. The second-order valence-corrected chi connectivity index (χ2v) is 8.54. The molecule has 0 bridgehead atoms. The van der Waals surface area contributed by atoms with Crippen LogP contribution in [-0.4, -0.2) is 21.2 Å². The molecule has 0 amide bonds. The molecule has 1 aliphatic rings. The minimum atomic E-state index is -1.10. The van der Waals surface area contributed by atoms with E-state index in [0.717, 1.165) is 14.7 Å². The molecule has 1 saturated heterocycles. The van der Waals surface area contributed by atoms with Crippen molar-refractivity contribution in [2.45, 2.75) is 32.5 Å². The maximum Gasteiger partial charge on any atom is 0.354 e. The summed E-state index contributed by atoms with van der Waals surface area (Å²) in [6.45, 7) is 3.68. The fourth-order valence-electron chi connectivity index (χ4n) is 2.59. The molecule has 2 aromatic rings. The standard InChI is InChI=1S/C20H19IO4/c1-3-20(4-2)24-18(22)17(19(23)25-20)21-16-12-10-15(11-13-16)14-8-6-5-7-9-14/h5-13H,3-4H2,1-2H3. The van der Waals surface area contributed by atoms with E-state index in [1.54, 1.807) is 0 Å². The quantitative estimate of drug-likeness (QED) is 0.516. The van der Waals surface area contributed by atoms with Crippen LogP contribution in [0.1, 0.15) is 26.7 Å². The van der Waals surface area contributed by atoms with Gasteiger partial charge in [0, 0.05) is 16.4 Å². The van der Waals surface area contributed by atoms with Crippen molar-refractivity contribution in [1.29, 1.82) is 0 Å². The van der Waals surface area contributed by atoms with Crippen LogP contribution in [0.2, 0.25) is 0 Å². The van der Waals surface area contributed by atoms with Gasteiger partial charge in [-0.2, -0.15) is 0 Å². The van der Waals surface area contributed by atoms with Crippen molar-refractivity contribution in [3.05, 3.63) is 58.2 Å². The van der Waals surface area contributed by atoms with Crippen molar-refractivity contribution in [2.75, 3.05) is 0 Å². The summed E-state index contributed by atoms with van der Waals surface area (Å²) in [4.78, 5) is 24.6. The number of carbonyl (C=O) groups is 2. The Morgan fingerprint density at radius 3 is 1.84 bits per heavy atom. The zero-order valence-electron chi connectivity index (χ0n) is 14.1. The molecule has 0 spiro atoms. The molecule has 0 radical (unpaired) electrons. The first-order valence-electron chi connectivity index (χ1n) is 8.21. The Balaban J connectivity index is 1.84. The first kappa shape index (κ1) is 17.8. The van der Waals surface area contributed by atoms with Crippen LogP contribution in [0.15, 0.2) is 54.6 Å². The predicted molar refractivity (Wildman–Crippen MR) is 105 cm³/mol. The Bertz CT molecular complexity index is 783. The summed E-state index contributed by atoms with van der Waals surface area (Å²) in [6.07, 6.45) is 0.913. The van der Waals surface area contributed by atoms with Gasteiger partial charge in [-0.3, -0.25) is 0 Å². The zero-order valence-corrected chi connectivity index (χ0v) is 16.3. The van der Waals surface area contributed by atoms with Crippen molar-refractivity contribution in [3.8, 4) is 11.1 Å². The highest BCUT2D eigenvalue weighted by Gasteiger charge is 2.43. The largest absolute Gasteiger partial charge is 0.418 e. The summed E-state index contributed by atoms with van der Waals surface area (Å²) in [6, 6.07) is 18.0. The molecule has 1 fully saturated rings. The molecule has 2 aromatic carbocycles. The average Bonchev–Trinajstić information content (AvgIpc) is 2.65. The lowest BCUT2D eigenvalue weighted by molar-refractivity contribution is -0.229. The van der Waals surface area contributed by atoms with E-state index < -0.39 is 38.5 Å². The molecule has 4 nitrogen and oxygen atoms in total. The first-order valence-corrected chi connectivity index (χ1v) is 10.4. The van der Waals surface area contributed by atoms with Crippen LogP contribution in [0, 0.1) is 3.57 Å². The Morgan fingerprint density at radius 1 is 0.800 bits per heavy atom. The van der Waals surface area contributed by atoms with Crippen LogP contribution < -0.4 is 0 Å². The Morgan fingerprint density at radius 2 is 1.32 bits per heavy atom. The van der Waals surface area contributed by atoms with Crippen molar-refractivity contribution in [2.24, 2.45) is 0 Å². The van der Waals surface area contributed by atoms with Gasteiger partial charge in [0.2, 0.25) is 0 Å². The van der Waals surface area contributed by atoms with Gasteiger partial charge in [0.1, 0.15) is 0 Å². The Labute approximate surface area is 156 Å². The lowest BCUT2D eigenvalue weighted by Crippen LogP contribution is -2.49. The van der Waals surface area contributed by atoms with E-state index in [1.807, 2.05) is 68.4 Å². The third-order valence-electron chi connectivity index (χ3n) is 4.15.